The van der Waals surface area contributed by atoms with Gasteiger partial charge in [-0.15, -0.1) is 0 Å². The van der Waals surface area contributed by atoms with Gasteiger partial charge in [0.05, 0.1) is 17.4 Å². The number of benzene rings is 1. The minimum absolute atomic E-state index is 0.775. The van der Waals surface area contributed by atoms with Crippen LogP contribution in [-0.2, 0) is 6.54 Å². The summed E-state index contributed by atoms with van der Waals surface area (Å²) in [6.45, 7) is 7.60. The second-order valence-electron chi connectivity index (χ2n) is 4.86. The van der Waals surface area contributed by atoms with Crippen molar-refractivity contribution in [1.82, 2.24) is 14.9 Å². The molecule has 1 N–H and O–H groups in total. The molecule has 3 nitrogen and oxygen atoms in total. The highest BCUT2D eigenvalue weighted by Crippen LogP contribution is 2.10. The molecular formula is C14H21N3. The van der Waals surface area contributed by atoms with E-state index >= 15 is 0 Å². The Kier molecular flexibility index (Phi) is 4.15. The lowest BCUT2D eigenvalue weighted by Gasteiger charge is -2.08. The molecule has 2 rings (SSSR count). The van der Waals surface area contributed by atoms with E-state index < -0.39 is 0 Å². The summed E-state index contributed by atoms with van der Waals surface area (Å²) in [7, 11) is 0. The fraction of sp³-hybridized carbons (Fsp3) is 0.500. The molecule has 0 amide bonds. The summed E-state index contributed by atoms with van der Waals surface area (Å²) in [5.74, 6) is 0.775. The topological polar surface area (TPSA) is 29.9 Å². The van der Waals surface area contributed by atoms with Crippen LogP contribution in [0.3, 0.4) is 0 Å². The van der Waals surface area contributed by atoms with Gasteiger partial charge in [-0.2, -0.15) is 0 Å². The Morgan fingerprint density at radius 2 is 2.06 bits per heavy atom. The summed E-state index contributed by atoms with van der Waals surface area (Å²) in [4.78, 5) is 4.38. The molecule has 0 atom stereocenters. The second-order valence-corrected chi connectivity index (χ2v) is 4.86. The van der Waals surface area contributed by atoms with E-state index in [4.69, 9.17) is 0 Å². The van der Waals surface area contributed by atoms with Crippen LogP contribution >= 0.6 is 0 Å². The minimum atomic E-state index is 0.775. The molecule has 0 spiro atoms. The lowest BCUT2D eigenvalue weighted by molar-refractivity contribution is 0.522. The van der Waals surface area contributed by atoms with Gasteiger partial charge in [0.15, 0.2) is 0 Å². The molecule has 0 bridgehead atoms. The third-order valence-corrected chi connectivity index (χ3v) is 2.96. The molecule has 0 radical (unpaired) electrons. The van der Waals surface area contributed by atoms with Gasteiger partial charge in [-0.05, 0) is 31.0 Å². The zero-order valence-electron chi connectivity index (χ0n) is 10.7. The number of nitrogens with zero attached hydrogens (tertiary/aromatic N) is 2. The Morgan fingerprint density at radius 3 is 2.88 bits per heavy atom. The van der Waals surface area contributed by atoms with E-state index in [-0.39, 0.29) is 0 Å². The van der Waals surface area contributed by atoms with Crippen LogP contribution in [-0.4, -0.2) is 22.6 Å². The normalized spacial score (nSPS) is 11.5. The van der Waals surface area contributed by atoms with Crippen molar-refractivity contribution in [2.75, 3.05) is 13.1 Å². The summed E-state index contributed by atoms with van der Waals surface area (Å²) < 4.78 is 2.21. The number of imidazole rings is 1. The first-order chi connectivity index (χ1) is 8.27. The van der Waals surface area contributed by atoms with Crippen LogP contribution < -0.4 is 5.32 Å². The highest BCUT2D eigenvalue weighted by atomic mass is 15.1. The summed E-state index contributed by atoms with van der Waals surface area (Å²) >= 11 is 0. The Labute approximate surface area is 103 Å². The molecule has 2 aromatic rings. The number of hydrogen-bond acceptors (Lipinski definition) is 2. The number of nitrogens with one attached hydrogen (secondary N) is 1. The summed E-state index contributed by atoms with van der Waals surface area (Å²) in [6, 6.07) is 8.27. The van der Waals surface area contributed by atoms with E-state index in [1.165, 1.54) is 11.9 Å². The van der Waals surface area contributed by atoms with Crippen LogP contribution in [0.5, 0.6) is 0 Å². The highest BCUT2D eigenvalue weighted by molar-refractivity contribution is 5.74. The van der Waals surface area contributed by atoms with Crippen LogP contribution in [0, 0.1) is 5.92 Å². The molecule has 0 saturated carbocycles. The van der Waals surface area contributed by atoms with Gasteiger partial charge in [0.2, 0.25) is 0 Å². The van der Waals surface area contributed by atoms with Crippen LogP contribution in [0.1, 0.15) is 20.3 Å². The Hall–Kier alpha value is -1.35. The van der Waals surface area contributed by atoms with Crippen molar-refractivity contribution in [2.24, 2.45) is 5.92 Å². The van der Waals surface area contributed by atoms with E-state index in [0.29, 0.717) is 0 Å². The van der Waals surface area contributed by atoms with Crippen molar-refractivity contribution in [3.05, 3.63) is 30.6 Å². The Bertz CT molecular complexity index is 459. The third kappa shape index (κ3) is 3.30. The molecule has 0 saturated heterocycles. The monoisotopic (exact) mass is 231 g/mol. The van der Waals surface area contributed by atoms with Crippen molar-refractivity contribution in [3.63, 3.8) is 0 Å². The fourth-order valence-electron chi connectivity index (χ4n) is 1.90. The van der Waals surface area contributed by atoms with Gasteiger partial charge in [-0.1, -0.05) is 26.0 Å². The average Bonchev–Trinajstić information content (AvgIpc) is 2.72. The second kappa shape index (κ2) is 5.82. The fourth-order valence-corrected chi connectivity index (χ4v) is 1.90. The summed E-state index contributed by atoms with van der Waals surface area (Å²) in [5, 5.41) is 3.47. The number of fused-ring (bicyclic) bond motifs is 1. The van der Waals surface area contributed by atoms with Crippen molar-refractivity contribution >= 4 is 11.0 Å². The molecule has 92 valence electrons. The van der Waals surface area contributed by atoms with Gasteiger partial charge >= 0.3 is 0 Å². The van der Waals surface area contributed by atoms with Crippen molar-refractivity contribution in [3.8, 4) is 0 Å². The van der Waals surface area contributed by atoms with Crippen LogP contribution in [0.4, 0.5) is 0 Å². The van der Waals surface area contributed by atoms with Gasteiger partial charge in [0.1, 0.15) is 0 Å². The Morgan fingerprint density at radius 1 is 1.24 bits per heavy atom. The standard InChI is InChI=1S/C14H21N3/c1-12(2)7-8-15-9-10-17-11-16-13-5-3-4-6-14(13)17/h3-6,11-12,15H,7-10H2,1-2H3. The molecule has 0 aliphatic rings. The van der Waals surface area contributed by atoms with Crippen LogP contribution in [0.15, 0.2) is 30.6 Å². The van der Waals surface area contributed by atoms with E-state index in [0.717, 1.165) is 31.1 Å². The zero-order valence-corrected chi connectivity index (χ0v) is 10.7. The molecule has 3 heteroatoms. The highest BCUT2D eigenvalue weighted by Gasteiger charge is 2.00. The van der Waals surface area contributed by atoms with Gasteiger partial charge in [0.25, 0.3) is 0 Å². The van der Waals surface area contributed by atoms with E-state index in [1.54, 1.807) is 0 Å². The van der Waals surface area contributed by atoms with Gasteiger partial charge in [-0.25, -0.2) is 4.98 Å². The van der Waals surface area contributed by atoms with Gasteiger partial charge in [0, 0.05) is 13.1 Å². The first-order valence-corrected chi connectivity index (χ1v) is 6.38. The molecule has 17 heavy (non-hydrogen) atoms. The quantitative estimate of drug-likeness (QED) is 0.775. The average molecular weight is 231 g/mol. The maximum absolute atomic E-state index is 4.38. The maximum atomic E-state index is 4.38. The lowest BCUT2D eigenvalue weighted by atomic mass is 10.1. The van der Waals surface area contributed by atoms with Gasteiger partial charge < -0.3 is 9.88 Å². The van der Waals surface area contributed by atoms with Crippen LogP contribution in [0.25, 0.3) is 11.0 Å². The molecule has 1 aromatic carbocycles. The van der Waals surface area contributed by atoms with E-state index in [2.05, 4.69) is 46.9 Å². The lowest BCUT2D eigenvalue weighted by Crippen LogP contribution is -2.21. The maximum Gasteiger partial charge on any atom is 0.0958 e. The number of aromatic nitrogens is 2. The van der Waals surface area contributed by atoms with Gasteiger partial charge in [-0.3, -0.25) is 0 Å². The van der Waals surface area contributed by atoms with Crippen LogP contribution in [0.2, 0.25) is 0 Å². The van der Waals surface area contributed by atoms with E-state index in [1.807, 2.05) is 12.4 Å². The van der Waals surface area contributed by atoms with E-state index in [9.17, 15) is 0 Å². The smallest absolute Gasteiger partial charge is 0.0958 e. The Balaban J connectivity index is 1.83. The third-order valence-electron chi connectivity index (χ3n) is 2.96. The minimum Gasteiger partial charge on any atom is -0.329 e. The predicted molar refractivity (Wildman–Crippen MR) is 72.1 cm³/mol. The van der Waals surface area contributed by atoms with Crippen molar-refractivity contribution < 1.29 is 0 Å². The van der Waals surface area contributed by atoms with Crippen molar-refractivity contribution in [1.29, 1.82) is 0 Å². The molecule has 0 aliphatic carbocycles. The molecule has 0 fully saturated rings. The van der Waals surface area contributed by atoms with Crippen molar-refractivity contribution in [2.45, 2.75) is 26.8 Å². The summed E-state index contributed by atoms with van der Waals surface area (Å²) in [5.41, 5.74) is 2.30. The number of para-hydroxylation sites is 2. The summed E-state index contributed by atoms with van der Waals surface area (Å²) in [6.07, 6.45) is 3.17. The molecular weight excluding hydrogens is 210 g/mol. The molecule has 1 heterocycles. The molecule has 0 unspecified atom stereocenters. The largest absolute Gasteiger partial charge is 0.329 e. The molecule has 1 aromatic heterocycles. The zero-order chi connectivity index (χ0) is 12.1. The first-order valence-electron chi connectivity index (χ1n) is 6.38. The first kappa shape index (κ1) is 12.1. The SMILES string of the molecule is CC(C)CCNCCn1cnc2ccccc21. The number of hydrogen-bond donors (Lipinski definition) is 1. The molecule has 0 aliphatic heterocycles. The predicted octanol–water partition coefficient (Wildman–Crippen LogP) is 2.67. The number of rotatable bonds is 6.